The summed E-state index contributed by atoms with van der Waals surface area (Å²) in [5.41, 5.74) is -1.33. The molecule has 0 amide bonds. The Balaban J connectivity index is 3.80. The van der Waals surface area contributed by atoms with Gasteiger partial charge in [0.05, 0.1) is 4.47 Å². The second-order valence-corrected chi connectivity index (χ2v) is 5.13. The summed E-state index contributed by atoms with van der Waals surface area (Å²) < 4.78 is 47.2. The van der Waals surface area contributed by atoms with E-state index in [-0.39, 0.29) is 4.47 Å². The maximum atomic E-state index is 12.7. The molecular formula is C6H4BrF2N3O4S. The molecule has 1 aromatic heterocycles. The molecule has 17 heavy (non-hydrogen) atoms. The van der Waals surface area contributed by atoms with E-state index in [1.54, 1.807) is 0 Å². The Bertz CT molecular complexity index is 577. The molecule has 0 aliphatic heterocycles. The fourth-order valence-corrected chi connectivity index (χ4v) is 2.91. The number of hydrogen-bond acceptors (Lipinski definition) is 5. The summed E-state index contributed by atoms with van der Waals surface area (Å²) in [6.45, 7) is 0. The topological polar surface area (TPSA) is 116 Å². The number of nitrogens with zero attached hydrogens (tertiary/aromatic N) is 2. The van der Waals surface area contributed by atoms with Crippen LogP contribution >= 0.6 is 15.9 Å². The van der Waals surface area contributed by atoms with E-state index in [0.717, 1.165) is 6.20 Å². The largest absolute Gasteiger partial charge is 0.373 e. The summed E-state index contributed by atoms with van der Waals surface area (Å²) in [7, 11) is -4.54. The third-order valence-corrected chi connectivity index (χ3v) is 3.55. The monoisotopic (exact) mass is 331 g/mol. The molecule has 0 fully saturated rings. The highest BCUT2D eigenvalue weighted by Crippen LogP contribution is 2.36. The van der Waals surface area contributed by atoms with Gasteiger partial charge in [-0.25, -0.2) is 22.3 Å². The number of halogens is 3. The number of nitro groups is 1. The van der Waals surface area contributed by atoms with Crippen molar-refractivity contribution in [3.63, 3.8) is 0 Å². The lowest BCUT2D eigenvalue weighted by Crippen LogP contribution is -2.17. The summed E-state index contributed by atoms with van der Waals surface area (Å²) >= 11 is 2.66. The van der Waals surface area contributed by atoms with E-state index < -0.39 is 37.6 Å². The molecule has 7 nitrogen and oxygen atoms in total. The molecule has 11 heteroatoms. The first kappa shape index (κ1) is 13.9. The number of hydrogen-bond donors (Lipinski definition) is 1. The van der Waals surface area contributed by atoms with Crippen LogP contribution in [0.1, 0.15) is 12.0 Å². The second-order valence-electron chi connectivity index (χ2n) is 2.78. The van der Waals surface area contributed by atoms with Crippen LogP contribution in [0.25, 0.3) is 0 Å². The van der Waals surface area contributed by atoms with Crippen LogP contribution in [0.3, 0.4) is 0 Å². The Labute approximate surface area is 102 Å². The van der Waals surface area contributed by atoms with Crippen molar-refractivity contribution in [3.8, 4) is 0 Å². The summed E-state index contributed by atoms with van der Waals surface area (Å²) in [6.07, 6.45) is -2.67. The standard InChI is InChI=1S/C6H4BrF2N3O4S/c7-2-1-11-6(12(13)14)3(5(8)9)4(2)17(10,15)16/h1,5H,(H2,10,15,16). The van der Waals surface area contributed by atoms with E-state index >= 15 is 0 Å². The fourth-order valence-electron chi connectivity index (χ4n) is 1.11. The van der Waals surface area contributed by atoms with E-state index in [4.69, 9.17) is 5.14 Å². The molecular weight excluding hydrogens is 328 g/mol. The lowest BCUT2D eigenvalue weighted by Gasteiger charge is -2.07. The van der Waals surface area contributed by atoms with Crippen LogP contribution in [0.15, 0.2) is 15.6 Å². The lowest BCUT2D eigenvalue weighted by atomic mass is 10.2. The van der Waals surface area contributed by atoms with Crippen molar-refractivity contribution in [1.29, 1.82) is 0 Å². The summed E-state index contributed by atoms with van der Waals surface area (Å²) in [4.78, 5) is 11.4. The first-order valence-corrected chi connectivity index (χ1v) is 6.14. The molecule has 0 atom stereocenters. The molecule has 0 spiro atoms. The molecule has 1 aromatic rings. The van der Waals surface area contributed by atoms with Crippen molar-refractivity contribution in [1.82, 2.24) is 4.98 Å². The molecule has 0 saturated carbocycles. The van der Waals surface area contributed by atoms with Gasteiger partial charge in [-0.1, -0.05) is 0 Å². The Morgan fingerprint density at radius 1 is 1.53 bits per heavy atom. The van der Waals surface area contributed by atoms with Gasteiger partial charge in [-0.2, -0.15) is 0 Å². The smallest absolute Gasteiger partial charge is 0.358 e. The van der Waals surface area contributed by atoms with Crippen molar-refractivity contribution in [2.45, 2.75) is 11.3 Å². The van der Waals surface area contributed by atoms with Gasteiger partial charge in [0.15, 0.2) is 6.20 Å². The maximum Gasteiger partial charge on any atom is 0.373 e. The number of sulfonamides is 1. The molecule has 1 rings (SSSR count). The number of pyridine rings is 1. The van der Waals surface area contributed by atoms with Gasteiger partial charge in [-0.3, -0.25) is 0 Å². The van der Waals surface area contributed by atoms with E-state index in [1.807, 2.05) is 0 Å². The van der Waals surface area contributed by atoms with Gasteiger partial charge in [-0.15, -0.1) is 0 Å². The van der Waals surface area contributed by atoms with Gasteiger partial charge < -0.3 is 10.1 Å². The minimum Gasteiger partial charge on any atom is -0.358 e. The highest BCUT2D eigenvalue weighted by molar-refractivity contribution is 9.10. The third-order valence-electron chi connectivity index (χ3n) is 1.68. The highest BCUT2D eigenvalue weighted by atomic mass is 79.9. The summed E-state index contributed by atoms with van der Waals surface area (Å²) in [5.74, 6) is -1.24. The summed E-state index contributed by atoms with van der Waals surface area (Å²) in [5, 5.41) is 15.2. The number of rotatable bonds is 3. The predicted molar refractivity (Wildman–Crippen MR) is 54.9 cm³/mol. The van der Waals surface area contributed by atoms with Gasteiger partial charge in [0.25, 0.3) is 6.43 Å². The van der Waals surface area contributed by atoms with Crippen LogP contribution in [0.2, 0.25) is 0 Å². The Morgan fingerprint density at radius 3 is 2.41 bits per heavy atom. The molecule has 0 aromatic carbocycles. The number of primary sulfonamides is 1. The van der Waals surface area contributed by atoms with Crippen LogP contribution < -0.4 is 5.14 Å². The molecule has 0 aliphatic carbocycles. The molecule has 0 unspecified atom stereocenters. The number of aromatic nitrogens is 1. The second kappa shape index (κ2) is 4.58. The van der Waals surface area contributed by atoms with E-state index in [1.165, 1.54) is 0 Å². The van der Waals surface area contributed by atoms with Crippen molar-refractivity contribution >= 4 is 31.8 Å². The zero-order chi connectivity index (χ0) is 13.4. The SMILES string of the molecule is NS(=O)(=O)c1c(Br)cnc([N+](=O)[O-])c1C(F)F. The van der Waals surface area contributed by atoms with E-state index in [9.17, 15) is 27.3 Å². The van der Waals surface area contributed by atoms with Crippen molar-refractivity contribution in [2.24, 2.45) is 5.14 Å². The fraction of sp³-hybridized carbons (Fsp3) is 0.167. The Kier molecular flexibility index (Phi) is 3.74. The Morgan fingerprint density at radius 2 is 2.06 bits per heavy atom. The zero-order valence-electron chi connectivity index (χ0n) is 7.80. The predicted octanol–water partition coefficient (Wildman–Crippen LogP) is 1.34. The van der Waals surface area contributed by atoms with Crippen molar-refractivity contribution < 1.29 is 22.1 Å². The minimum atomic E-state index is -4.54. The molecule has 0 saturated heterocycles. The molecule has 94 valence electrons. The Hall–Kier alpha value is -1.20. The minimum absolute atomic E-state index is 0.360. The lowest BCUT2D eigenvalue weighted by molar-refractivity contribution is -0.391. The number of nitrogens with two attached hydrogens (primary N) is 1. The first-order chi connectivity index (χ1) is 7.66. The highest BCUT2D eigenvalue weighted by Gasteiger charge is 2.34. The average Bonchev–Trinajstić information content (AvgIpc) is 2.14. The zero-order valence-corrected chi connectivity index (χ0v) is 10.2. The number of alkyl halides is 2. The van der Waals surface area contributed by atoms with Gasteiger partial charge in [0.2, 0.25) is 10.0 Å². The maximum absolute atomic E-state index is 12.7. The third kappa shape index (κ3) is 2.73. The van der Waals surface area contributed by atoms with Crippen LogP contribution in [0, 0.1) is 10.1 Å². The first-order valence-electron chi connectivity index (χ1n) is 3.80. The molecule has 2 N–H and O–H groups in total. The van der Waals surface area contributed by atoms with Crippen LogP contribution in [-0.2, 0) is 10.0 Å². The molecule has 1 heterocycles. The van der Waals surface area contributed by atoms with Gasteiger partial charge in [0, 0.05) is 0 Å². The van der Waals surface area contributed by atoms with Gasteiger partial charge >= 0.3 is 5.82 Å². The normalized spacial score (nSPS) is 11.8. The molecule has 0 radical (unpaired) electrons. The van der Waals surface area contributed by atoms with Crippen molar-refractivity contribution in [2.75, 3.05) is 0 Å². The summed E-state index contributed by atoms with van der Waals surface area (Å²) in [6, 6.07) is 0. The molecule has 0 bridgehead atoms. The van der Waals surface area contributed by atoms with Crippen LogP contribution in [0.5, 0.6) is 0 Å². The average molecular weight is 332 g/mol. The molecule has 0 aliphatic rings. The van der Waals surface area contributed by atoms with E-state index in [2.05, 4.69) is 20.9 Å². The van der Waals surface area contributed by atoms with Crippen molar-refractivity contribution in [3.05, 3.63) is 26.3 Å². The van der Waals surface area contributed by atoms with Crippen LogP contribution in [-0.4, -0.2) is 18.3 Å². The van der Waals surface area contributed by atoms with E-state index in [0.29, 0.717) is 0 Å². The quantitative estimate of drug-likeness (QED) is 0.662. The van der Waals surface area contributed by atoms with Crippen LogP contribution in [0.4, 0.5) is 14.6 Å². The van der Waals surface area contributed by atoms with Gasteiger partial charge in [0.1, 0.15) is 10.5 Å². The van der Waals surface area contributed by atoms with Gasteiger partial charge in [-0.05, 0) is 25.8 Å².